The summed E-state index contributed by atoms with van der Waals surface area (Å²) < 4.78 is 5.64. The van der Waals surface area contributed by atoms with Crippen LogP contribution in [0.4, 0.5) is 28.8 Å². The van der Waals surface area contributed by atoms with E-state index >= 15 is 0 Å². The van der Waals surface area contributed by atoms with E-state index in [-0.39, 0.29) is 0 Å². The molecule has 8 heteroatoms. The van der Waals surface area contributed by atoms with Crippen LogP contribution in [0, 0.1) is 6.92 Å². The molecule has 0 atom stereocenters. The van der Waals surface area contributed by atoms with Crippen molar-refractivity contribution in [2.24, 2.45) is 0 Å². The zero-order valence-electron chi connectivity index (χ0n) is 20.4. The first-order valence-electron chi connectivity index (χ1n) is 11.8. The average Bonchev–Trinajstić information content (AvgIpc) is 2.91. The van der Waals surface area contributed by atoms with E-state index in [9.17, 15) is 0 Å². The molecule has 5 rings (SSSR count). The second-order valence-electron chi connectivity index (χ2n) is 8.16. The summed E-state index contributed by atoms with van der Waals surface area (Å²) in [4.78, 5) is 17.9. The van der Waals surface area contributed by atoms with Crippen LogP contribution >= 0.6 is 0 Å². The molecule has 0 fully saturated rings. The van der Waals surface area contributed by atoms with Crippen molar-refractivity contribution in [3.8, 4) is 17.0 Å². The zero-order valence-corrected chi connectivity index (χ0v) is 20.4. The molecule has 0 aliphatic rings. The SMILES string of the molecule is CCOc1cccc(Nc2nccc3c(Nc4ncccc4-c4cc(NC)ncn4)c(C)ccc23)c1. The molecule has 3 N–H and O–H groups in total. The fourth-order valence-corrected chi connectivity index (χ4v) is 4.07. The Labute approximate surface area is 209 Å². The first-order valence-corrected chi connectivity index (χ1v) is 11.8. The van der Waals surface area contributed by atoms with Gasteiger partial charge in [-0.3, -0.25) is 0 Å². The zero-order chi connectivity index (χ0) is 24.9. The van der Waals surface area contributed by atoms with Gasteiger partial charge in [-0.15, -0.1) is 0 Å². The number of nitrogens with zero attached hydrogens (tertiary/aromatic N) is 4. The number of hydrogen-bond donors (Lipinski definition) is 3. The normalized spacial score (nSPS) is 10.8. The van der Waals surface area contributed by atoms with Gasteiger partial charge in [0.05, 0.1) is 18.0 Å². The van der Waals surface area contributed by atoms with Crippen molar-refractivity contribution in [3.05, 3.63) is 84.9 Å². The van der Waals surface area contributed by atoms with Crippen molar-refractivity contribution < 1.29 is 4.74 Å². The lowest BCUT2D eigenvalue weighted by molar-refractivity contribution is 0.340. The minimum Gasteiger partial charge on any atom is -0.494 e. The van der Waals surface area contributed by atoms with E-state index in [0.29, 0.717) is 12.4 Å². The van der Waals surface area contributed by atoms with Crippen molar-refractivity contribution in [1.29, 1.82) is 0 Å². The maximum Gasteiger partial charge on any atom is 0.139 e. The molecule has 0 amide bonds. The van der Waals surface area contributed by atoms with Gasteiger partial charge in [-0.05, 0) is 49.7 Å². The molecular formula is C28H27N7O. The van der Waals surface area contributed by atoms with Crippen LogP contribution in [-0.4, -0.2) is 33.6 Å². The Bertz CT molecular complexity index is 1520. The second kappa shape index (κ2) is 10.3. The lowest BCUT2D eigenvalue weighted by Crippen LogP contribution is -2.02. The van der Waals surface area contributed by atoms with Crippen molar-refractivity contribution >= 4 is 39.6 Å². The molecule has 0 spiro atoms. The fourth-order valence-electron chi connectivity index (χ4n) is 4.07. The highest BCUT2D eigenvalue weighted by Gasteiger charge is 2.14. The third-order valence-electron chi connectivity index (χ3n) is 5.81. The summed E-state index contributed by atoms with van der Waals surface area (Å²) in [7, 11) is 1.83. The molecule has 0 aliphatic heterocycles. The number of aryl methyl sites for hydroxylation is 1. The number of aromatic nitrogens is 4. The Balaban J connectivity index is 1.54. The minimum atomic E-state index is 0.616. The molecule has 0 radical (unpaired) electrons. The van der Waals surface area contributed by atoms with Crippen molar-refractivity contribution in [3.63, 3.8) is 0 Å². The summed E-state index contributed by atoms with van der Waals surface area (Å²) in [5.41, 5.74) is 4.62. The summed E-state index contributed by atoms with van der Waals surface area (Å²) in [6.45, 7) is 4.67. The third-order valence-corrected chi connectivity index (χ3v) is 5.81. The lowest BCUT2D eigenvalue weighted by atomic mass is 10.0. The van der Waals surface area contributed by atoms with E-state index in [4.69, 9.17) is 4.74 Å². The molecule has 0 saturated heterocycles. The van der Waals surface area contributed by atoms with Crippen LogP contribution < -0.4 is 20.7 Å². The van der Waals surface area contributed by atoms with Gasteiger partial charge in [0.2, 0.25) is 0 Å². The molecule has 0 bridgehead atoms. The summed E-state index contributed by atoms with van der Waals surface area (Å²) in [5.74, 6) is 3.03. The first kappa shape index (κ1) is 23.0. The highest BCUT2D eigenvalue weighted by molar-refractivity contribution is 6.03. The van der Waals surface area contributed by atoms with E-state index in [1.807, 2.05) is 68.7 Å². The van der Waals surface area contributed by atoms with E-state index < -0.39 is 0 Å². The molecule has 180 valence electrons. The summed E-state index contributed by atoms with van der Waals surface area (Å²) in [6.07, 6.45) is 5.13. The Hall–Kier alpha value is -4.72. The topological polar surface area (TPSA) is 96.9 Å². The maximum absolute atomic E-state index is 5.64. The van der Waals surface area contributed by atoms with Crippen molar-refractivity contribution in [1.82, 2.24) is 19.9 Å². The van der Waals surface area contributed by atoms with Crippen LogP contribution in [0.1, 0.15) is 12.5 Å². The van der Waals surface area contributed by atoms with Gasteiger partial charge >= 0.3 is 0 Å². The Morgan fingerprint density at radius 3 is 2.56 bits per heavy atom. The number of fused-ring (bicyclic) bond motifs is 1. The number of benzene rings is 2. The summed E-state index contributed by atoms with van der Waals surface area (Å²) in [6, 6.07) is 19.9. The van der Waals surface area contributed by atoms with Crippen LogP contribution in [0.2, 0.25) is 0 Å². The molecule has 8 nitrogen and oxygen atoms in total. The smallest absolute Gasteiger partial charge is 0.139 e. The fraction of sp³-hybridized carbons (Fsp3) is 0.143. The van der Waals surface area contributed by atoms with Crippen LogP contribution in [0.15, 0.2) is 79.4 Å². The number of pyridine rings is 2. The van der Waals surface area contributed by atoms with Crippen LogP contribution in [0.5, 0.6) is 5.75 Å². The number of hydrogen-bond acceptors (Lipinski definition) is 8. The first-order chi connectivity index (χ1) is 17.7. The predicted molar refractivity (Wildman–Crippen MR) is 145 cm³/mol. The molecule has 0 saturated carbocycles. The van der Waals surface area contributed by atoms with Crippen molar-refractivity contribution in [2.45, 2.75) is 13.8 Å². The van der Waals surface area contributed by atoms with Crippen LogP contribution in [0.3, 0.4) is 0 Å². The summed E-state index contributed by atoms with van der Waals surface area (Å²) in [5, 5.41) is 12.1. The molecule has 0 aliphatic carbocycles. The van der Waals surface area contributed by atoms with E-state index in [0.717, 1.165) is 56.4 Å². The van der Waals surface area contributed by atoms with Crippen LogP contribution in [-0.2, 0) is 0 Å². The van der Waals surface area contributed by atoms with Crippen LogP contribution in [0.25, 0.3) is 22.0 Å². The largest absolute Gasteiger partial charge is 0.494 e. The minimum absolute atomic E-state index is 0.616. The number of rotatable bonds is 8. The number of ether oxygens (including phenoxy) is 1. The lowest BCUT2D eigenvalue weighted by Gasteiger charge is -2.17. The van der Waals surface area contributed by atoms with Gasteiger partial charge in [0.25, 0.3) is 0 Å². The quantitative estimate of drug-likeness (QED) is 0.239. The monoisotopic (exact) mass is 477 g/mol. The average molecular weight is 478 g/mol. The molecule has 5 aromatic rings. The van der Waals surface area contributed by atoms with Gasteiger partial charge in [0.1, 0.15) is 29.5 Å². The third kappa shape index (κ3) is 4.74. The Kier molecular flexibility index (Phi) is 6.57. The van der Waals surface area contributed by atoms with Gasteiger partial charge in [-0.1, -0.05) is 18.2 Å². The molecule has 0 unspecified atom stereocenters. The van der Waals surface area contributed by atoms with E-state index in [1.54, 1.807) is 12.5 Å². The number of anilines is 5. The standard InChI is InChI=1S/C28H27N7O/c1-4-36-20-8-5-7-19(15-20)34-27-22-11-10-18(2)26(21(22)12-14-31-27)35-28-23(9-6-13-30-28)24-16-25(29-3)33-17-32-24/h5-17H,4H2,1-3H3,(H,30,35)(H,31,34)(H,29,32,33). The van der Waals surface area contributed by atoms with E-state index in [1.165, 1.54) is 0 Å². The molecule has 3 aromatic heterocycles. The Morgan fingerprint density at radius 2 is 1.69 bits per heavy atom. The van der Waals surface area contributed by atoms with E-state index in [2.05, 4.69) is 54.9 Å². The Morgan fingerprint density at radius 1 is 0.806 bits per heavy atom. The molecule has 36 heavy (non-hydrogen) atoms. The number of nitrogens with one attached hydrogen (secondary N) is 3. The van der Waals surface area contributed by atoms with Gasteiger partial charge < -0.3 is 20.7 Å². The van der Waals surface area contributed by atoms with Gasteiger partial charge in [-0.2, -0.15) is 0 Å². The molecular weight excluding hydrogens is 450 g/mol. The predicted octanol–water partition coefficient (Wildman–Crippen LogP) is 6.32. The molecule has 3 heterocycles. The maximum atomic E-state index is 5.64. The van der Waals surface area contributed by atoms with Crippen molar-refractivity contribution in [2.75, 3.05) is 29.6 Å². The summed E-state index contributed by atoms with van der Waals surface area (Å²) >= 11 is 0. The van der Waals surface area contributed by atoms with Gasteiger partial charge in [0.15, 0.2) is 0 Å². The second-order valence-corrected chi connectivity index (χ2v) is 8.16. The molecule has 2 aromatic carbocycles. The van der Waals surface area contributed by atoms with Gasteiger partial charge in [0, 0.05) is 53.6 Å². The highest BCUT2D eigenvalue weighted by Crippen LogP contribution is 2.36. The van der Waals surface area contributed by atoms with Gasteiger partial charge in [-0.25, -0.2) is 19.9 Å². The highest BCUT2D eigenvalue weighted by atomic mass is 16.5.